The highest BCUT2D eigenvalue weighted by Gasteiger charge is 2.40. The van der Waals surface area contributed by atoms with Gasteiger partial charge < -0.3 is 14.1 Å². The molecule has 2 aromatic carbocycles. The van der Waals surface area contributed by atoms with E-state index in [2.05, 4.69) is 45.9 Å². The Bertz CT molecular complexity index is 908. The minimum Gasteiger partial charge on any atom is -0.360 e. The summed E-state index contributed by atoms with van der Waals surface area (Å²) < 4.78 is 8.38. The Morgan fingerprint density at radius 3 is 2.63 bits per heavy atom. The normalized spacial score (nSPS) is 22.5. The van der Waals surface area contributed by atoms with Gasteiger partial charge in [0.25, 0.3) is 0 Å². The average molecular weight is 378 g/mol. The molecule has 5 heteroatoms. The topological polar surface area (TPSA) is 44.1 Å². The number of hydrogen-bond donors (Lipinski definition) is 0. The fourth-order valence-corrected chi connectivity index (χ4v) is 4.90. The van der Waals surface area contributed by atoms with E-state index in [1.54, 1.807) is 18.0 Å². The number of rotatable bonds is 5. The Hall–Kier alpha value is -2.37. The van der Waals surface area contributed by atoms with Crippen molar-refractivity contribution in [3.8, 4) is 5.69 Å². The van der Waals surface area contributed by atoms with Gasteiger partial charge in [0.05, 0.1) is 0 Å². The van der Waals surface area contributed by atoms with Crippen LogP contribution in [0.25, 0.3) is 5.69 Å². The second kappa shape index (κ2) is 7.71. The number of thioether (sulfide) groups is 1. The highest BCUT2D eigenvalue weighted by Crippen LogP contribution is 2.49. The van der Waals surface area contributed by atoms with Crippen LogP contribution in [0.15, 0.2) is 71.9 Å². The Kier molecular flexibility index (Phi) is 5.14. The second-order valence-electron chi connectivity index (χ2n) is 6.80. The summed E-state index contributed by atoms with van der Waals surface area (Å²) in [5.41, 5.74) is 2.15. The molecule has 0 saturated carbocycles. The van der Waals surface area contributed by atoms with Crippen molar-refractivity contribution >= 4 is 18.0 Å². The van der Waals surface area contributed by atoms with E-state index >= 15 is 0 Å². The summed E-state index contributed by atoms with van der Waals surface area (Å²) in [6.07, 6.45) is 6.30. The number of hydrogen-bond acceptors (Lipinski definition) is 4. The van der Waals surface area contributed by atoms with Crippen LogP contribution >= 0.6 is 11.8 Å². The number of aldehydes is 1. The summed E-state index contributed by atoms with van der Waals surface area (Å²) in [5, 5.41) is 0. The molecular formula is C22H22N2O2S. The summed E-state index contributed by atoms with van der Waals surface area (Å²) in [6, 6.07) is 18.6. The van der Waals surface area contributed by atoms with Crippen LogP contribution in [0.4, 0.5) is 0 Å². The van der Waals surface area contributed by atoms with Crippen molar-refractivity contribution in [2.24, 2.45) is 5.92 Å². The summed E-state index contributed by atoms with van der Waals surface area (Å²) in [5.74, 6) is 0.969. The van der Waals surface area contributed by atoms with Crippen LogP contribution in [0, 0.1) is 12.8 Å². The van der Waals surface area contributed by atoms with Crippen LogP contribution < -0.4 is 0 Å². The molecule has 0 spiro atoms. The lowest BCUT2D eigenvalue weighted by Gasteiger charge is -2.39. The van der Waals surface area contributed by atoms with E-state index in [9.17, 15) is 4.79 Å². The zero-order valence-electron chi connectivity index (χ0n) is 15.2. The van der Waals surface area contributed by atoms with Crippen LogP contribution in [-0.2, 0) is 14.5 Å². The fraction of sp³-hybridized carbons (Fsp3) is 0.273. The highest BCUT2D eigenvalue weighted by molar-refractivity contribution is 8.00. The minimum atomic E-state index is -0.548. The van der Waals surface area contributed by atoms with Crippen molar-refractivity contribution in [2.45, 2.75) is 29.6 Å². The molecular weight excluding hydrogens is 356 g/mol. The fourth-order valence-electron chi connectivity index (χ4n) is 3.53. The van der Waals surface area contributed by atoms with Gasteiger partial charge >= 0.3 is 0 Å². The van der Waals surface area contributed by atoms with Crippen LogP contribution in [0.2, 0.25) is 0 Å². The molecule has 4 rings (SSSR count). The molecule has 0 bridgehead atoms. The van der Waals surface area contributed by atoms with Crippen LogP contribution in [0.5, 0.6) is 0 Å². The van der Waals surface area contributed by atoms with E-state index in [4.69, 9.17) is 4.74 Å². The van der Waals surface area contributed by atoms with Gasteiger partial charge in [0.15, 0.2) is 0 Å². The first-order valence-corrected chi connectivity index (χ1v) is 9.96. The third-order valence-electron chi connectivity index (χ3n) is 4.98. The van der Waals surface area contributed by atoms with Crippen LogP contribution in [-0.4, -0.2) is 22.4 Å². The first-order chi connectivity index (χ1) is 13.2. The van der Waals surface area contributed by atoms with Crippen molar-refractivity contribution in [1.29, 1.82) is 0 Å². The Balaban J connectivity index is 1.70. The molecule has 4 nitrogen and oxygen atoms in total. The first kappa shape index (κ1) is 18.0. The number of nitrogens with zero attached hydrogens (tertiary/aromatic N) is 2. The highest BCUT2D eigenvalue weighted by atomic mass is 32.2. The molecule has 0 radical (unpaired) electrons. The third-order valence-corrected chi connectivity index (χ3v) is 6.34. The first-order valence-electron chi connectivity index (χ1n) is 9.14. The summed E-state index contributed by atoms with van der Waals surface area (Å²) in [6.45, 7) is 2.57. The number of imidazole rings is 1. The minimum absolute atomic E-state index is 0.0190. The van der Waals surface area contributed by atoms with Gasteiger partial charge in [-0.3, -0.25) is 0 Å². The Labute approximate surface area is 163 Å². The van der Waals surface area contributed by atoms with Crippen LogP contribution in [0.3, 0.4) is 0 Å². The molecule has 1 aromatic heterocycles. The van der Waals surface area contributed by atoms with E-state index in [0.29, 0.717) is 13.0 Å². The van der Waals surface area contributed by atoms with Crippen molar-refractivity contribution in [1.82, 2.24) is 9.55 Å². The number of aromatic nitrogens is 2. The predicted molar refractivity (Wildman–Crippen MR) is 107 cm³/mol. The maximum absolute atomic E-state index is 11.5. The van der Waals surface area contributed by atoms with E-state index < -0.39 is 4.93 Å². The molecule has 1 aliphatic heterocycles. The van der Waals surface area contributed by atoms with E-state index in [1.807, 2.05) is 31.3 Å². The lowest BCUT2D eigenvalue weighted by Crippen LogP contribution is -2.35. The molecule has 27 heavy (non-hydrogen) atoms. The standard InChI is InChI=1S/C22H22N2O2S/c1-17-23-12-13-24(17)20-9-7-19(8-10-20)22(15-18(16-25)11-14-26-22)27-21-5-3-2-4-6-21/h2-10,12-13,16,18H,11,14-15H2,1H3. The van der Waals surface area contributed by atoms with Gasteiger partial charge in [-0.1, -0.05) is 42.1 Å². The second-order valence-corrected chi connectivity index (χ2v) is 8.13. The van der Waals surface area contributed by atoms with Gasteiger partial charge in [-0.15, -0.1) is 0 Å². The van der Waals surface area contributed by atoms with E-state index in [1.165, 1.54) is 0 Å². The summed E-state index contributed by atoms with van der Waals surface area (Å²) >= 11 is 1.69. The molecule has 1 fully saturated rings. The SMILES string of the molecule is Cc1nccn1-c1ccc(C2(Sc3ccccc3)CC(C=O)CCO2)cc1. The lowest BCUT2D eigenvalue weighted by molar-refractivity contribution is -0.117. The summed E-state index contributed by atoms with van der Waals surface area (Å²) in [4.78, 5) is 16.4. The average Bonchev–Trinajstić information content (AvgIpc) is 3.15. The third kappa shape index (κ3) is 3.70. The molecule has 0 aliphatic carbocycles. The molecule has 2 unspecified atom stereocenters. The summed E-state index contributed by atoms with van der Waals surface area (Å²) in [7, 11) is 0. The number of carbonyl (C=O) groups excluding carboxylic acids is 1. The van der Waals surface area contributed by atoms with Gasteiger partial charge in [-0.05, 0) is 43.2 Å². The van der Waals surface area contributed by atoms with Crippen LogP contribution in [0.1, 0.15) is 24.2 Å². The smallest absolute Gasteiger partial charge is 0.144 e. The van der Waals surface area contributed by atoms with Gasteiger partial charge in [-0.25, -0.2) is 4.98 Å². The molecule has 1 aliphatic rings. The molecule has 2 heterocycles. The molecule has 0 amide bonds. The van der Waals surface area contributed by atoms with Gasteiger partial charge in [0.2, 0.25) is 0 Å². The Morgan fingerprint density at radius 1 is 1.19 bits per heavy atom. The maximum atomic E-state index is 11.5. The number of ether oxygens (including phenoxy) is 1. The van der Waals surface area contributed by atoms with Gasteiger partial charge in [0.1, 0.15) is 17.0 Å². The molecule has 2 atom stereocenters. The quantitative estimate of drug-likeness (QED) is 0.601. The number of benzene rings is 2. The van der Waals surface area contributed by atoms with Crippen molar-refractivity contribution in [3.63, 3.8) is 0 Å². The predicted octanol–water partition coefficient (Wildman–Crippen LogP) is 4.75. The monoisotopic (exact) mass is 378 g/mol. The van der Waals surface area contributed by atoms with Crippen molar-refractivity contribution in [2.75, 3.05) is 6.61 Å². The zero-order chi connectivity index (χ0) is 18.7. The molecule has 3 aromatic rings. The molecule has 138 valence electrons. The largest absolute Gasteiger partial charge is 0.360 e. The van der Waals surface area contributed by atoms with Crippen molar-refractivity contribution < 1.29 is 9.53 Å². The molecule has 0 N–H and O–H groups in total. The number of carbonyl (C=O) groups is 1. The van der Waals surface area contributed by atoms with Gasteiger partial charge in [0, 0.05) is 41.9 Å². The number of aryl methyl sites for hydroxylation is 1. The van der Waals surface area contributed by atoms with Gasteiger partial charge in [-0.2, -0.15) is 0 Å². The zero-order valence-corrected chi connectivity index (χ0v) is 16.1. The van der Waals surface area contributed by atoms with Crippen molar-refractivity contribution in [3.05, 3.63) is 78.4 Å². The maximum Gasteiger partial charge on any atom is 0.144 e. The Morgan fingerprint density at radius 2 is 1.96 bits per heavy atom. The molecule has 1 saturated heterocycles. The van der Waals surface area contributed by atoms with E-state index in [0.717, 1.165) is 34.7 Å². The van der Waals surface area contributed by atoms with E-state index in [-0.39, 0.29) is 5.92 Å². The lowest BCUT2D eigenvalue weighted by atomic mass is 9.92.